The minimum atomic E-state index is -1.89. The van der Waals surface area contributed by atoms with Crippen molar-refractivity contribution in [2.24, 2.45) is 11.3 Å². The Labute approximate surface area is 221 Å². The van der Waals surface area contributed by atoms with Crippen molar-refractivity contribution in [1.82, 2.24) is 0 Å². The monoisotopic (exact) mass is 528 g/mol. The number of methoxy groups -OCH3 is 6. The second-order valence-corrected chi connectivity index (χ2v) is 8.87. The molecule has 0 unspecified atom stereocenters. The van der Waals surface area contributed by atoms with Gasteiger partial charge in [0.05, 0.1) is 42.7 Å². The number of hydrogen-bond acceptors (Lipinski definition) is 10. The summed E-state index contributed by atoms with van der Waals surface area (Å²) in [5.74, 6) is -5.08. The Hall–Kier alpha value is -4.08. The van der Waals surface area contributed by atoms with Crippen LogP contribution in [0.4, 0.5) is 0 Å². The lowest BCUT2D eigenvalue weighted by Gasteiger charge is -2.44. The van der Waals surface area contributed by atoms with Gasteiger partial charge in [0.2, 0.25) is 0 Å². The van der Waals surface area contributed by atoms with E-state index in [1.807, 2.05) is 18.2 Å². The van der Waals surface area contributed by atoms with Crippen molar-refractivity contribution in [3.63, 3.8) is 0 Å². The number of carbonyl (C=O) groups is 4. The largest absolute Gasteiger partial charge is 0.497 e. The fourth-order valence-electron chi connectivity index (χ4n) is 5.31. The quantitative estimate of drug-likeness (QED) is 0.273. The van der Waals surface area contributed by atoms with Gasteiger partial charge in [0, 0.05) is 11.8 Å². The van der Waals surface area contributed by atoms with Gasteiger partial charge in [-0.3, -0.25) is 19.2 Å². The molecule has 0 amide bonds. The van der Waals surface area contributed by atoms with Gasteiger partial charge in [-0.2, -0.15) is 0 Å². The molecule has 10 nitrogen and oxygen atoms in total. The number of ether oxygens (including phenoxy) is 6. The molecule has 0 saturated heterocycles. The Balaban J connectivity index is 2.34. The molecular formula is C28H32O10. The number of benzene rings is 2. The highest BCUT2D eigenvalue weighted by Crippen LogP contribution is 2.56. The summed E-state index contributed by atoms with van der Waals surface area (Å²) < 4.78 is 30.8. The smallest absolute Gasteiger partial charge is 0.323 e. The number of fused-ring (bicyclic) bond motifs is 1. The lowest BCUT2D eigenvalue weighted by molar-refractivity contribution is -0.175. The molecule has 0 aromatic heterocycles. The highest BCUT2D eigenvalue weighted by molar-refractivity contribution is 6.02. The molecule has 2 aromatic rings. The molecule has 0 N–H and O–H groups in total. The SMILES string of the molecule is COC(=O)C(C[C@@H]1c2ccc(OC)cc2[C@@H](c2ccc(OC)cc2)CC1(C(=O)OC)C(=O)OC)C(=O)OC. The van der Waals surface area contributed by atoms with Gasteiger partial charge in [0.15, 0.2) is 11.3 Å². The first kappa shape index (κ1) is 28.5. The van der Waals surface area contributed by atoms with Crippen LogP contribution in [0.1, 0.15) is 41.4 Å². The molecule has 0 radical (unpaired) electrons. The summed E-state index contributed by atoms with van der Waals surface area (Å²) in [4.78, 5) is 52.4. The van der Waals surface area contributed by atoms with Gasteiger partial charge in [0.25, 0.3) is 0 Å². The fraction of sp³-hybridized carbons (Fsp3) is 0.429. The van der Waals surface area contributed by atoms with Crippen LogP contribution in [-0.4, -0.2) is 66.5 Å². The van der Waals surface area contributed by atoms with Gasteiger partial charge in [-0.1, -0.05) is 18.2 Å². The third-order valence-corrected chi connectivity index (χ3v) is 7.23. The molecule has 0 aliphatic heterocycles. The van der Waals surface area contributed by atoms with Crippen molar-refractivity contribution in [3.8, 4) is 11.5 Å². The summed E-state index contributed by atoms with van der Waals surface area (Å²) in [6.45, 7) is 0. The summed E-state index contributed by atoms with van der Waals surface area (Å²) in [5, 5.41) is 0. The van der Waals surface area contributed by atoms with E-state index in [1.54, 1.807) is 31.4 Å². The Morgan fingerprint density at radius 2 is 1.26 bits per heavy atom. The van der Waals surface area contributed by atoms with Crippen molar-refractivity contribution in [3.05, 3.63) is 59.2 Å². The van der Waals surface area contributed by atoms with Gasteiger partial charge in [0.1, 0.15) is 11.5 Å². The molecule has 0 spiro atoms. The molecule has 2 aromatic carbocycles. The van der Waals surface area contributed by atoms with Crippen molar-refractivity contribution >= 4 is 23.9 Å². The highest BCUT2D eigenvalue weighted by atomic mass is 16.6. The molecule has 38 heavy (non-hydrogen) atoms. The third-order valence-electron chi connectivity index (χ3n) is 7.23. The van der Waals surface area contributed by atoms with E-state index in [9.17, 15) is 19.2 Å². The molecule has 10 heteroatoms. The topological polar surface area (TPSA) is 124 Å². The predicted octanol–water partition coefficient (Wildman–Crippen LogP) is 3.01. The second-order valence-electron chi connectivity index (χ2n) is 8.87. The van der Waals surface area contributed by atoms with Gasteiger partial charge in [-0.15, -0.1) is 0 Å². The second kappa shape index (κ2) is 12.0. The number of rotatable bonds is 9. The maximum Gasteiger partial charge on any atom is 0.323 e. The first-order valence-corrected chi connectivity index (χ1v) is 11.9. The Morgan fingerprint density at radius 1 is 0.737 bits per heavy atom. The molecule has 2 atom stereocenters. The molecule has 1 aliphatic carbocycles. The zero-order valence-corrected chi connectivity index (χ0v) is 22.3. The van der Waals surface area contributed by atoms with Crippen LogP contribution in [0.25, 0.3) is 0 Å². The summed E-state index contributed by atoms with van der Waals surface area (Å²) in [7, 11) is 7.72. The maximum absolute atomic E-state index is 13.6. The molecule has 0 bridgehead atoms. The van der Waals surface area contributed by atoms with E-state index in [0.29, 0.717) is 17.1 Å². The Bertz CT molecular complexity index is 1150. The van der Waals surface area contributed by atoms with Crippen LogP contribution in [0.3, 0.4) is 0 Å². The van der Waals surface area contributed by atoms with Gasteiger partial charge < -0.3 is 28.4 Å². The number of esters is 4. The van der Waals surface area contributed by atoms with Crippen molar-refractivity contribution in [2.45, 2.75) is 24.7 Å². The standard InChI is InChI=1S/C28H32O10/c1-33-17-9-7-16(8-10-17)22-15-28(26(31)37-5,27(32)38-6)23(14-21(24(29)35-3)25(30)36-4)19-12-11-18(34-2)13-20(19)22/h7-13,21-23H,14-15H2,1-6H3/t22-,23-/m1/s1. The maximum atomic E-state index is 13.6. The minimum Gasteiger partial charge on any atom is -0.497 e. The lowest BCUT2D eigenvalue weighted by Crippen LogP contribution is -2.51. The van der Waals surface area contributed by atoms with Gasteiger partial charge in [-0.25, -0.2) is 0 Å². The van der Waals surface area contributed by atoms with E-state index >= 15 is 0 Å². The zero-order chi connectivity index (χ0) is 28.0. The summed E-state index contributed by atoms with van der Waals surface area (Å²) >= 11 is 0. The van der Waals surface area contributed by atoms with E-state index in [1.165, 1.54) is 21.3 Å². The Morgan fingerprint density at radius 3 is 1.74 bits per heavy atom. The van der Waals surface area contributed by atoms with E-state index < -0.39 is 47.0 Å². The van der Waals surface area contributed by atoms with Crippen LogP contribution in [0.2, 0.25) is 0 Å². The molecular weight excluding hydrogens is 496 g/mol. The fourth-order valence-corrected chi connectivity index (χ4v) is 5.31. The minimum absolute atomic E-state index is 0.0570. The van der Waals surface area contributed by atoms with Crippen LogP contribution < -0.4 is 9.47 Å². The summed E-state index contributed by atoms with van der Waals surface area (Å²) in [6.07, 6.45) is -0.323. The van der Waals surface area contributed by atoms with E-state index in [4.69, 9.17) is 28.4 Å². The first-order valence-electron chi connectivity index (χ1n) is 11.9. The van der Waals surface area contributed by atoms with Crippen LogP contribution in [0.5, 0.6) is 11.5 Å². The molecule has 0 heterocycles. The highest BCUT2D eigenvalue weighted by Gasteiger charge is 2.60. The first-order chi connectivity index (χ1) is 18.2. The van der Waals surface area contributed by atoms with Crippen LogP contribution in [0, 0.1) is 11.3 Å². The molecule has 0 fully saturated rings. The third kappa shape index (κ3) is 5.03. The molecule has 3 rings (SSSR count). The van der Waals surface area contributed by atoms with Gasteiger partial charge in [-0.05, 0) is 53.8 Å². The van der Waals surface area contributed by atoms with Gasteiger partial charge >= 0.3 is 23.9 Å². The van der Waals surface area contributed by atoms with Crippen molar-refractivity contribution in [2.75, 3.05) is 42.7 Å². The Kier molecular flexibility index (Phi) is 8.98. The average molecular weight is 529 g/mol. The van der Waals surface area contributed by atoms with Crippen LogP contribution in [-0.2, 0) is 38.1 Å². The summed E-state index contributed by atoms with van der Waals surface area (Å²) in [5.41, 5.74) is 0.229. The van der Waals surface area contributed by atoms with E-state index in [0.717, 1.165) is 25.3 Å². The summed E-state index contributed by atoms with van der Waals surface area (Å²) in [6, 6.07) is 12.5. The van der Waals surface area contributed by atoms with Crippen LogP contribution >= 0.6 is 0 Å². The normalized spacial score (nSPS) is 17.6. The number of hydrogen-bond donors (Lipinski definition) is 0. The van der Waals surface area contributed by atoms with E-state index in [-0.39, 0.29) is 12.8 Å². The zero-order valence-electron chi connectivity index (χ0n) is 22.3. The predicted molar refractivity (Wildman–Crippen MR) is 134 cm³/mol. The average Bonchev–Trinajstić information content (AvgIpc) is 2.97. The molecule has 0 saturated carbocycles. The van der Waals surface area contributed by atoms with Crippen molar-refractivity contribution < 1.29 is 47.6 Å². The number of carbonyl (C=O) groups excluding carboxylic acids is 4. The van der Waals surface area contributed by atoms with Crippen LogP contribution in [0.15, 0.2) is 42.5 Å². The van der Waals surface area contributed by atoms with E-state index in [2.05, 4.69) is 0 Å². The molecule has 204 valence electrons. The lowest BCUT2D eigenvalue weighted by atomic mass is 9.57. The van der Waals surface area contributed by atoms with Crippen molar-refractivity contribution in [1.29, 1.82) is 0 Å². The molecule has 1 aliphatic rings.